The number of hydrogen-bond donors (Lipinski definition) is 1. The van der Waals surface area contributed by atoms with Gasteiger partial charge in [-0.15, -0.1) is 0 Å². The maximum Gasteiger partial charge on any atom is 0.124 e. The molecule has 0 spiro atoms. The van der Waals surface area contributed by atoms with E-state index >= 15 is 0 Å². The topological polar surface area (TPSA) is 15.3 Å². The smallest absolute Gasteiger partial charge is 0.124 e. The van der Waals surface area contributed by atoms with Crippen LogP contribution in [0.5, 0.6) is 0 Å². The molecule has 2 rings (SSSR count). The van der Waals surface area contributed by atoms with Crippen LogP contribution in [-0.2, 0) is 0 Å². The zero-order chi connectivity index (χ0) is 13.1. The Hall–Kier alpha value is -0.800. The summed E-state index contributed by atoms with van der Waals surface area (Å²) in [6, 6.07) is 5.58. The lowest BCUT2D eigenvalue weighted by Crippen LogP contribution is -2.56. The fraction of sp³-hybridized carbons (Fsp3) is 0.571. The second kappa shape index (κ2) is 5.89. The van der Waals surface area contributed by atoms with Crippen LogP contribution in [0.3, 0.4) is 0 Å². The van der Waals surface area contributed by atoms with Gasteiger partial charge in [-0.25, -0.2) is 4.39 Å². The first-order valence-electron chi connectivity index (χ1n) is 6.60. The number of hydrogen-bond acceptors (Lipinski definition) is 2. The molecule has 0 radical (unpaired) electrons. The molecule has 0 bridgehead atoms. The van der Waals surface area contributed by atoms with Gasteiger partial charge in [0.05, 0.1) is 10.7 Å². The Morgan fingerprint density at radius 1 is 1.39 bits per heavy atom. The van der Waals surface area contributed by atoms with Crippen LogP contribution in [0.25, 0.3) is 0 Å². The predicted octanol–water partition coefficient (Wildman–Crippen LogP) is 3.45. The molecular formula is C14H20ClFN2. The number of piperazine rings is 1. The number of benzene rings is 1. The van der Waals surface area contributed by atoms with E-state index in [2.05, 4.69) is 24.1 Å². The minimum atomic E-state index is -0.279. The first-order chi connectivity index (χ1) is 8.65. The molecule has 1 saturated heterocycles. The molecule has 0 aliphatic carbocycles. The molecule has 2 unspecified atom stereocenters. The summed E-state index contributed by atoms with van der Waals surface area (Å²) < 4.78 is 13.1. The van der Waals surface area contributed by atoms with Crippen LogP contribution in [0.2, 0.25) is 5.02 Å². The van der Waals surface area contributed by atoms with E-state index in [1.54, 1.807) is 6.07 Å². The molecule has 2 nitrogen and oxygen atoms in total. The van der Waals surface area contributed by atoms with Crippen LogP contribution < -0.4 is 10.2 Å². The molecule has 1 N–H and O–H groups in total. The third kappa shape index (κ3) is 2.78. The zero-order valence-corrected chi connectivity index (χ0v) is 11.7. The van der Waals surface area contributed by atoms with Crippen molar-refractivity contribution in [2.45, 2.75) is 38.8 Å². The number of anilines is 1. The fourth-order valence-electron chi connectivity index (χ4n) is 2.51. The number of rotatable bonds is 3. The van der Waals surface area contributed by atoms with Gasteiger partial charge in [-0.3, -0.25) is 0 Å². The highest BCUT2D eigenvalue weighted by molar-refractivity contribution is 6.33. The van der Waals surface area contributed by atoms with E-state index in [4.69, 9.17) is 11.6 Å². The molecule has 18 heavy (non-hydrogen) atoms. The van der Waals surface area contributed by atoms with E-state index in [9.17, 15) is 4.39 Å². The van der Waals surface area contributed by atoms with Crippen LogP contribution in [-0.4, -0.2) is 25.2 Å². The highest BCUT2D eigenvalue weighted by atomic mass is 35.5. The summed E-state index contributed by atoms with van der Waals surface area (Å²) in [7, 11) is 0. The van der Waals surface area contributed by atoms with E-state index in [1.165, 1.54) is 12.1 Å². The van der Waals surface area contributed by atoms with Crippen LogP contribution in [0.1, 0.15) is 26.7 Å². The normalized spacial score (nSPS) is 24.3. The van der Waals surface area contributed by atoms with Crippen molar-refractivity contribution in [3.05, 3.63) is 29.0 Å². The van der Waals surface area contributed by atoms with E-state index in [-0.39, 0.29) is 5.82 Å². The van der Waals surface area contributed by atoms with Crippen molar-refractivity contribution in [1.82, 2.24) is 5.32 Å². The minimum Gasteiger partial charge on any atom is -0.365 e. The van der Waals surface area contributed by atoms with Gasteiger partial charge in [-0.05, 0) is 31.0 Å². The lowest BCUT2D eigenvalue weighted by Gasteiger charge is -2.42. The molecule has 0 saturated carbocycles. The number of halogens is 2. The molecule has 100 valence electrons. The molecule has 1 aliphatic rings. The van der Waals surface area contributed by atoms with E-state index in [1.807, 2.05) is 0 Å². The van der Waals surface area contributed by atoms with Gasteiger partial charge >= 0.3 is 0 Å². The molecule has 2 atom stereocenters. The van der Waals surface area contributed by atoms with Crippen molar-refractivity contribution in [2.24, 2.45) is 0 Å². The summed E-state index contributed by atoms with van der Waals surface area (Å²) in [5.74, 6) is -0.279. The summed E-state index contributed by atoms with van der Waals surface area (Å²) in [5.41, 5.74) is 0.949. The molecule has 1 aromatic rings. The van der Waals surface area contributed by atoms with Gasteiger partial charge in [0.1, 0.15) is 5.82 Å². The third-order valence-corrected chi connectivity index (χ3v) is 3.99. The molecule has 1 fully saturated rings. The van der Waals surface area contributed by atoms with E-state index in [0.29, 0.717) is 17.1 Å². The Labute approximate surface area is 113 Å². The van der Waals surface area contributed by atoms with Gasteiger partial charge < -0.3 is 10.2 Å². The van der Waals surface area contributed by atoms with Crippen LogP contribution >= 0.6 is 11.6 Å². The lowest BCUT2D eigenvalue weighted by molar-refractivity contribution is 0.379. The highest BCUT2D eigenvalue weighted by Crippen LogP contribution is 2.30. The number of nitrogens with one attached hydrogen (secondary N) is 1. The largest absolute Gasteiger partial charge is 0.365 e. The van der Waals surface area contributed by atoms with Crippen molar-refractivity contribution in [3.63, 3.8) is 0 Å². The van der Waals surface area contributed by atoms with Crippen molar-refractivity contribution >= 4 is 17.3 Å². The second-order valence-electron chi connectivity index (χ2n) is 4.82. The Bertz CT molecular complexity index is 411. The first kappa shape index (κ1) is 13.6. The SMILES string of the molecule is CCC1CN(c2ccc(F)cc2Cl)C(CC)CN1. The molecule has 0 amide bonds. The van der Waals surface area contributed by atoms with Crippen LogP contribution in [0.15, 0.2) is 18.2 Å². The van der Waals surface area contributed by atoms with Crippen LogP contribution in [0.4, 0.5) is 10.1 Å². The van der Waals surface area contributed by atoms with Crippen molar-refractivity contribution in [3.8, 4) is 0 Å². The zero-order valence-electron chi connectivity index (χ0n) is 10.9. The molecule has 0 aromatic heterocycles. The summed E-state index contributed by atoms with van der Waals surface area (Å²) in [6.07, 6.45) is 2.14. The Morgan fingerprint density at radius 3 is 2.78 bits per heavy atom. The van der Waals surface area contributed by atoms with E-state index < -0.39 is 0 Å². The average Bonchev–Trinajstić information content (AvgIpc) is 2.38. The Balaban J connectivity index is 2.26. The number of nitrogens with zero attached hydrogens (tertiary/aromatic N) is 1. The van der Waals surface area contributed by atoms with Gasteiger partial charge in [0, 0.05) is 25.2 Å². The summed E-state index contributed by atoms with van der Waals surface area (Å²) in [4.78, 5) is 2.31. The van der Waals surface area contributed by atoms with Gasteiger partial charge in [0.15, 0.2) is 0 Å². The maximum atomic E-state index is 13.1. The van der Waals surface area contributed by atoms with Gasteiger partial charge in [-0.1, -0.05) is 25.4 Å². The summed E-state index contributed by atoms with van der Waals surface area (Å²) in [5, 5.41) is 4.05. The van der Waals surface area contributed by atoms with Crippen molar-refractivity contribution in [1.29, 1.82) is 0 Å². The van der Waals surface area contributed by atoms with Crippen molar-refractivity contribution < 1.29 is 4.39 Å². The maximum absolute atomic E-state index is 13.1. The second-order valence-corrected chi connectivity index (χ2v) is 5.23. The summed E-state index contributed by atoms with van der Waals surface area (Å²) in [6.45, 7) is 6.24. The van der Waals surface area contributed by atoms with Gasteiger partial charge in [0.25, 0.3) is 0 Å². The van der Waals surface area contributed by atoms with Crippen molar-refractivity contribution in [2.75, 3.05) is 18.0 Å². The fourth-order valence-corrected chi connectivity index (χ4v) is 2.79. The molecule has 1 heterocycles. The lowest BCUT2D eigenvalue weighted by atomic mass is 10.0. The van der Waals surface area contributed by atoms with E-state index in [0.717, 1.165) is 31.6 Å². The third-order valence-electron chi connectivity index (χ3n) is 3.68. The Morgan fingerprint density at radius 2 is 2.17 bits per heavy atom. The summed E-state index contributed by atoms with van der Waals surface area (Å²) >= 11 is 6.17. The van der Waals surface area contributed by atoms with Gasteiger partial charge in [-0.2, -0.15) is 0 Å². The Kier molecular flexibility index (Phi) is 4.46. The standard InChI is InChI=1S/C14H20ClFN2/c1-3-11-9-18(12(4-2)8-17-11)14-6-5-10(16)7-13(14)15/h5-7,11-12,17H,3-4,8-9H2,1-2H3. The molecular weight excluding hydrogens is 251 g/mol. The average molecular weight is 271 g/mol. The molecule has 4 heteroatoms. The first-order valence-corrected chi connectivity index (χ1v) is 6.98. The van der Waals surface area contributed by atoms with Gasteiger partial charge in [0.2, 0.25) is 0 Å². The quantitative estimate of drug-likeness (QED) is 0.905. The molecule has 1 aliphatic heterocycles. The highest BCUT2D eigenvalue weighted by Gasteiger charge is 2.27. The predicted molar refractivity (Wildman–Crippen MR) is 74.9 cm³/mol. The molecule has 1 aromatic carbocycles. The minimum absolute atomic E-state index is 0.279. The van der Waals surface area contributed by atoms with Crippen LogP contribution in [0, 0.1) is 5.82 Å². The monoisotopic (exact) mass is 270 g/mol.